The Kier molecular flexibility index (Phi) is 5.09. The maximum atomic E-state index is 12.5. The predicted octanol–water partition coefficient (Wildman–Crippen LogP) is 1.65. The molecule has 23 heavy (non-hydrogen) atoms. The Morgan fingerprint density at radius 1 is 1.22 bits per heavy atom. The third-order valence-electron chi connectivity index (χ3n) is 4.84. The molecule has 1 aromatic carbocycles. The van der Waals surface area contributed by atoms with Crippen LogP contribution in [0, 0.1) is 0 Å². The molecule has 0 aromatic heterocycles. The minimum absolute atomic E-state index is 0.00897. The van der Waals surface area contributed by atoms with Gasteiger partial charge >= 0.3 is 0 Å². The zero-order valence-electron chi connectivity index (χ0n) is 13.1. The second-order valence-corrected chi connectivity index (χ2v) is 6.90. The van der Waals surface area contributed by atoms with Gasteiger partial charge in [0.2, 0.25) is 5.91 Å². The van der Waals surface area contributed by atoms with Crippen LogP contribution in [0.15, 0.2) is 18.2 Å². The standard InChI is InChI=1S/C17H23ClN2O3/c18-13-8-12(4-5-15(13)21)9-17(23)20-10-14(16(22)11-20)19-6-2-1-3-7-19/h4-5,8,14,16,21-22H,1-3,6-7,9-11H2/t14-,16-/m0/s1. The molecule has 0 radical (unpaired) electrons. The van der Waals surface area contributed by atoms with Gasteiger partial charge in [-0.2, -0.15) is 0 Å². The van der Waals surface area contributed by atoms with Gasteiger partial charge in [0.05, 0.1) is 23.6 Å². The normalized spacial score (nSPS) is 25.7. The van der Waals surface area contributed by atoms with Crippen LogP contribution in [0.2, 0.25) is 5.02 Å². The highest BCUT2D eigenvalue weighted by atomic mass is 35.5. The molecular weight excluding hydrogens is 316 g/mol. The fourth-order valence-corrected chi connectivity index (χ4v) is 3.73. The lowest BCUT2D eigenvalue weighted by atomic mass is 10.1. The summed E-state index contributed by atoms with van der Waals surface area (Å²) in [5, 5.41) is 20.0. The van der Waals surface area contributed by atoms with Crippen molar-refractivity contribution >= 4 is 17.5 Å². The first-order valence-corrected chi connectivity index (χ1v) is 8.59. The quantitative estimate of drug-likeness (QED) is 0.879. The summed E-state index contributed by atoms with van der Waals surface area (Å²) in [6.45, 7) is 3.01. The molecule has 126 valence electrons. The summed E-state index contributed by atoms with van der Waals surface area (Å²) >= 11 is 5.88. The molecule has 1 amide bonds. The van der Waals surface area contributed by atoms with Gasteiger partial charge in [-0.15, -0.1) is 0 Å². The molecule has 2 saturated heterocycles. The molecule has 0 bridgehead atoms. The SMILES string of the molecule is O=C(Cc1ccc(O)c(Cl)c1)N1C[C@H](O)[C@@H](N2CCCCC2)C1. The summed E-state index contributed by atoms with van der Waals surface area (Å²) in [5.41, 5.74) is 0.772. The highest BCUT2D eigenvalue weighted by Crippen LogP contribution is 2.25. The minimum Gasteiger partial charge on any atom is -0.506 e. The first-order valence-electron chi connectivity index (χ1n) is 8.22. The van der Waals surface area contributed by atoms with Crippen LogP contribution in [0.3, 0.4) is 0 Å². The third kappa shape index (κ3) is 3.79. The van der Waals surface area contributed by atoms with Crippen LogP contribution in [0.1, 0.15) is 24.8 Å². The largest absolute Gasteiger partial charge is 0.506 e. The number of benzene rings is 1. The third-order valence-corrected chi connectivity index (χ3v) is 5.14. The number of nitrogens with zero attached hydrogens (tertiary/aromatic N) is 2. The zero-order valence-corrected chi connectivity index (χ0v) is 13.9. The highest BCUT2D eigenvalue weighted by Gasteiger charge is 2.37. The molecule has 1 aromatic rings. The molecule has 2 aliphatic rings. The second-order valence-electron chi connectivity index (χ2n) is 6.49. The van der Waals surface area contributed by atoms with Crippen LogP contribution >= 0.6 is 11.6 Å². The van der Waals surface area contributed by atoms with Crippen molar-refractivity contribution in [1.29, 1.82) is 0 Å². The summed E-state index contributed by atoms with van der Waals surface area (Å²) in [5.74, 6) is 0.00920. The van der Waals surface area contributed by atoms with E-state index in [4.69, 9.17) is 11.6 Å². The number of hydrogen-bond acceptors (Lipinski definition) is 4. The van der Waals surface area contributed by atoms with E-state index in [2.05, 4.69) is 4.90 Å². The molecule has 5 nitrogen and oxygen atoms in total. The Morgan fingerprint density at radius 3 is 2.65 bits per heavy atom. The van der Waals surface area contributed by atoms with Gasteiger partial charge in [0.1, 0.15) is 5.75 Å². The molecular formula is C17H23ClN2O3. The monoisotopic (exact) mass is 338 g/mol. The van der Waals surface area contributed by atoms with Gasteiger partial charge in [-0.25, -0.2) is 0 Å². The van der Waals surface area contributed by atoms with Gasteiger partial charge in [0.15, 0.2) is 0 Å². The number of carbonyl (C=O) groups is 1. The van der Waals surface area contributed by atoms with E-state index in [-0.39, 0.29) is 29.1 Å². The van der Waals surface area contributed by atoms with E-state index in [0.717, 1.165) is 18.7 Å². The molecule has 0 unspecified atom stereocenters. The van der Waals surface area contributed by atoms with Gasteiger partial charge in [-0.3, -0.25) is 9.69 Å². The topological polar surface area (TPSA) is 64.0 Å². The van der Waals surface area contributed by atoms with Crippen molar-refractivity contribution in [3.63, 3.8) is 0 Å². The molecule has 2 N–H and O–H groups in total. The number of likely N-dealkylation sites (tertiary alicyclic amines) is 2. The van der Waals surface area contributed by atoms with Crippen molar-refractivity contribution < 1.29 is 15.0 Å². The average molecular weight is 339 g/mol. The minimum atomic E-state index is -0.472. The van der Waals surface area contributed by atoms with Crippen LogP contribution < -0.4 is 0 Å². The predicted molar refractivity (Wildman–Crippen MR) is 88.6 cm³/mol. The lowest BCUT2D eigenvalue weighted by Gasteiger charge is -2.33. The number of amides is 1. The highest BCUT2D eigenvalue weighted by molar-refractivity contribution is 6.32. The Hall–Kier alpha value is -1.30. The number of halogens is 1. The number of piperidine rings is 1. The first-order chi connectivity index (χ1) is 11.0. The number of hydrogen-bond donors (Lipinski definition) is 2. The van der Waals surface area contributed by atoms with E-state index in [9.17, 15) is 15.0 Å². The van der Waals surface area contributed by atoms with Crippen molar-refractivity contribution in [2.45, 2.75) is 37.8 Å². The molecule has 2 fully saturated rings. The van der Waals surface area contributed by atoms with Crippen LogP contribution in [-0.2, 0) is 11.2 Å². The van der Waals surface area contributed by atoms with Crippen LogP contribution in [-0.4, -0.2) is 64.2 Å². The number of rotatable bonds is 3. The van der Waals surface area contributed by atoms with Crippen molar-refractivity contribution in [3.05, 3.63) is 28.8 Å². The first kappa shape index (κ1) is 16.6. The van der Waals surface area contributed by atoms with Crippen LogP contribution in [0.25, 0.3) is 0 Å². The van der Waals surface area contributed by atoms with E-state index in [1.807, 2.05) is 0 Å². The number of carbonyl (C=O) groups excluding carboxylic acids is 1. The van der Waals surface area contributed by atoms with Crippen LogP contribution in [0.5, 0.6) is 5.75 Å². The summed E-state index contributed by atoms with van der Waals surface area (Å²) in [7, 11) is 0. The Bertz CT molecular complexity index is 575. The van der Waals surface area contributed by atoms with Gasteiger partial charge in [-0.05, 0) is 43.6 Å². The van der Waals surface area contributed by atoms with E-state index in [0.29, 0.717) is 13.1 Å². The summed E-state index contributed by atoms with van der Waals surface area (Å²) in [6.07, 6.45) is 3.36. The molecule has 6 heteroatoms. The number of aliphatic hydroxyl groups excluding tert-OH is 1. The summed E-state index contributed by atoms with van der Waals surface area (Å²) < 4.78 is 0. The molecule has 2 aliphatic heterocycles. The number of β-amino-alcohol motifs (C(OH)–C–C–N with tert-alkyl or cyclic N) is 1. The maximum Gasteiger partial charge on any atom is 0.227 e. The lowest BCUT2D eigenvalue weighted by molar-refractivity contribution is -0.129. The van der Waals surface area contributed by atoms with Crippen molar-refractivity contribution in [3.8, 4) is 5.75 Å². The molecule has 2 atom stereocenters. The molecule has 0 saturated carbocycles. The van der Waals surface area contributed by atoms with Crippen molar-refractivity contribution in [2.24, 2.45) is 0 Å². The smallest absolute Gasteiger partial charge is 0.227 e. The Labute approximate surface area is 141 Å². The maximum absolute atomic E-state index is 12.5. The number of aromatic hydroxyl groups is 1. The Balaban J connectivity index is 1.60. The van der Waals surface area contributed by atoms with Crippen molar-refractivity contribution in [2.75, 3.05) is 26.2 Å². The Morgan fingerprint density at radius 2 is 1.96 bits per heavy atom. The molecule has 3 rings (SSSR count). The molecule has 2 heterocycles. The zero-order chi connectivity index (χ0) is 16.4. The summed E-state index contributed by atoms with van der Waals surface area (Å²) in [4.78, 5) is 16.5. The van der Waals surface area contributed by atoms with Gasteiger partial charge in [0.25, 0.3) is 0 Å². The summed E-state index contributed by atoms with van der Waals surface area (Å²) in [6, 6.07) is 4.87. The van der Waals surface area contributed by atoms with E-state index < -0.39 is 6.10 Å². The molecule has 0 aliphatic carbocycles. The van der Waals surface area contributed by atoms with Gasteiger partial charge < -0.3 is 15.1 Å². The number of aliphatic hydroxyl groups is 1. The van der Waals surface area contributed by atoms with Gasteiger partial charge in [-0.1, -0.05) is 24.1 Å². The lowest BCUT2D eigenvalue weighted by Crippen LogP contribution is -2.46. The molecule has 0 spiro atoms. The van der Waals surface area contributed by atoms with Crippen LogP contribution in [0.4, 0.5) is 0 Å². The van der Waals surface area contributed by atoms with E-state index in [1.165, 1.54) is 25.3 Å². The fraction of sp³-hybridized carbons (Fsp3) is 0.588. The van der Waals surface area contributed by atoms with Gasteiger partial charge in [0, 0.05) is 13.1 Å². The fourth-order valence-electron chi connectivity index (χ4n) is 3.53. The van der Waals surface area contributed by atoms with E-state index >= 15 is 0 Å². The average Bonchev–Trinajstić information content (AvgIpc) is 2.94. The number of phenols is 1. The second kappa shape index (κ2) is 7.07. The van der Waals surface area contributed by atoms with Crippen molar-refractivity contribution in [1.82, 2.24) is 9.80 Å². The number of phenolic OH excluding ortho intramolecular Hbond substituents is 1. The van der Waals surface area contributed by atoms with E-state index in [1.54, 1.807) is 17.0 Å².